The van der Waals surface area contributed by atoms with Gasteiger partial charge in [-0.25, -0.2) is 0 Å². The van der Waals surface area contributed by atoms with Crippen LogP contribution in [-0.4, -0.2) is 22.0 Å². The number of nitro benzene ring substituents is 1. The van der Waals surface area contributed by atoms with E-state index in [-0.39, 0.29) is 5.69 Å². The number of carboxylic acid groups (broad SMARTS) is 1. The number of hydrogen-bond acceptors (Lipinski definition) is 4. The van der Waals surface area contributed by atoms with Gasteiger partial charge in [-0.05, 0) is 26.0 Å². The van der Waals surface area contributed by atoms with Gasteiger partial charge in [-0.2, -0.15) is 0 Å². The molecule has 1 rings (SSSR count). The summed E-state index contributed by atoms with van der Waals surface area (Å²) in [5.41, 5.74) is 0.220. The largest absolute Gasteiger partial charge is 0.481 e. The molecule has 98 valence electrons. The standard InChI is InChI=1S/C11H13BrN2O4/c1-6(11(15)16)7(2)13-9-5-8(12)3-4-10(9)14(17)18/h3-7,13H,1-2H3,(H,15,16). The number of halogens is 1. The van der Waals surface area contributed by atoms with E-state index < -0.39 is 22.9 Å². The van der Waals surface area contributed by atoms with Crippen molar-refractivity contribution in [3.8, 4) is 0 Å². The Hall–Kier alpha value is -1.63. The molecule has 2 atom stereocenters. The predicted molar refractivity (Wildman–Crippen MR) is 70.7 cm³/mol. The SMILES string of the molecule is CC(Nc1cc(Br)ccc1[N+](=O)[O-])C(C)C(=O)O. The number of carboxylic acids is 1. The Morgan fingerprint density at radius 2 is 2.11 bits per heavy atom. The van der Waals surface area contributed by atoms with E-state index in [4.69, 9.17) is 5.11 Å². The van der Waals surface area contributed by atoms with Crippen molar-refractivity contribution in [1.29, 1.82) is 0 Å². The van der Waals surface area contributed by atoms with Gasteiger partial charge in [-0.3, -0.25) is 14.9 Å². The summed E-state index contributed by atoms with van der Waals surface area (Å²) in [5, 5.41) is 22.6. The van der Waals surface area contributed by atoms with Crippen LogP contribution in [-0.2, 0) is 4.79 Å². The molecule has 0 aliphatic heterocycles. The van der Waals surface area contributed by atoms with Crippen LogP contribution in [0.2, 0.25) is 0 Å². The van der Waals surface area contributed by atoms with E-state index in [0.29, 0.717) is 10.2 Å². The van der Waals surface area contributed by atoms with Crippen molar-refractivity contribution in [2.45, 2.75) is 19.9 Å². The summed E-state index contributed by atoms with van der Waals surface area (Å²) in [4.78, 5) is 21.2. The van der Waals surface area contributed by atoms with Gasteiger partial charge in [-0.15, -0.1) is 0 Å². The molecule has 0 aliphatic carbocycles. The number of benzene rings is 1. The van der Waals surface area contributed by atoms with Crippen LogP contribution in [0.5, 0.6) is 0 Å². The lowest BCUT2D eigenvalue weighted by molar-refractivity contribution is -0.384. The number of hydrogen-bond donors (Lipinski definition) is 2. The summed E-state index contributed by atoms with van der Waals surface area (Å²) in [6.07, 6.45) is 0. The first kappa shape index (κ1) is 14.4. The van der Waals surface area contributed by atoms with Crippen LogP contribution in [0.15, 0.2) is 22.7 Å². The van der Waals surface area contributed by atoms with Gasteiger partial charge in [0.25, 0.3) is 5.69 Å². The molecular weight excluding hydrogens is 304 g/mol. The van der Waals surface area contributed by atoms with Crippen LogP contribution < -0.4 is 5.32 Å². The Labute approximate surface area is 112 Å². The zero-order chi connectivity index (χ0) is 13.9. The second-order valence-electron chi connectivity index (χ2n) is 3.98. The van der Waals surface area contributed by atoms with Gasteiger partial charge in [0, 0.05) is 16.6 Å². The minimum absolute atomic E-state index is 0.0809. The Morgan fingerprint density at radius 3 is 2.61 bits per heavy atom. The number of nitrogens with one attached hydrogen (secondary N) is 1. The fourth-order valence-electron chi connectivity index (χ4n) is 1.37. The third-order valence-electron chi connectivity index (χ3n) is 2.68. The van der Waals surface area contributed by atoms with Gasteiger partial charge < -0.3 is 10.4 Å². The first-order valence-corrected chi connectivity index (χ1v) is 6.05. The molecule has 2 N–H and O–H groups in total. The van der Waals surface area contributed by atoms with E-state index in [9.17, 15) is 14.9 Å². The lowest BCUT2D eigenvalue weighted by Crippen LogP contribution is -2.29. The Morgan fingerprint density at radius 1 is 1.50 bits per heavy atom. The van der Waals surface area contributed by atoms with Gasteiger partial charge in [0.1, 0.15) is 5.69 Å². The molecule has 0 aromatic heterocycles. The topological polar surface area (TPSA) is 92.5 Å². The molecule has 0 saturated carbocycles. The van der Waals surface area contributed by atoms with Crippen LogP contribution in [0.3, 0.4) is 0 Å². The molecule has 0 fully saturated rings. The molecule has 18 heavy (non-hydrogen) atoms. The number of carbonyl (C=O) groups is 1. The van der Waals surface area contributed by atoms with Crippen molar-refractivity contribution in [3.05, 3.63) is 32.8 Å². The molecule has 0 radical (unpaired) electrons. The molecule has 7 heteroatoms. The van der Waals surface area contributed by atoms with Gasteiger partial charge in [0.2, 0.25) is 0 Å². The van der Waals surface area contributed by atoms with Crippen molar-refractivity contribution in [2.24, 2.45) is 5.92 Å². The average molecular weight is 317 g/mol. The normalized spacial score (nSPS) is 13.7. The summed E-state index contributed by atoms with van der Waals surface area (Å²) in [6, 6.07) is 4.07. The summed E-state index contributed by atoms with van der Waals surface area (Å²) in [5.74, 6) is -1.60. The van der Waals surface area contributed by atoms with E-state index in [2.05, 4.69) is 21.2 Å². The van der Waals surface area contributed by atoms with E-state index in [1.807, 2.05) is 0 Å². The minimum Gasteiger partial charge on any atom is -0.481 e. The van der Waals surface area contributed by atoms with E-state index in [1.165, 1.54) is 6.07 Å². The van der Waals surface area contributed by atoms with Gasteiger partial charge in [0.15, 0.2) is 0 Å². The Kier molecular flexibility index (Phi) is 4.66. The fourth-order valence-corrected chi connectivity index (χ4v) is 1.73. The first-order valence-electron chi connectivity index (χ1n) is 5.26. The molecule has 2 unspecified atom stereocenters. The van der Waals surface area contributed by atoms with Crippen molar-refractivity contribution >= 4 is 33.3 Å². The maximum Gasteiger partial charge on any atom is 0.308 e. The van der Waals surface area contributed by atoms with Crippen molar-refractivity contribution in [2.75, 3.05) is 5.32 Å². The number of anilines is 1. The van der Waals surface area contributed by atoms with Crippen LogP contribution in [0.25, 0.3) is 0 Å². The van der Waals surface area contributed by atoms with Crippen molar-refractivity contribution < 1.29 is 14.8 Å². The second kappa shape index (κ2) is 5.81. The molecule has 6 nitrogen and oxygen atoms in total. The molecular formula is C11H13BrN2O4. The molecule has 0 aliphatic rings. The molecule has 1 aromatic carbocycles. The highest BCUT2D eigenvalue weighted by molar-refractivity contribution is 9.10. The van der Waals surface area contributed by atoms with Crippen LogP contribution in [0.1, 0.15) is 13.8 Å². The third-order valence-corrected chi connectivity index (χ3v) is 3.17. The predicted octanol–water partition coefficient (Wildman–Crippen LogP) is 2.88. The maximum atomic E-state index is 10.9. The minimum atomic E-state index is -0.951. The summed E-state index contributed by atoms with van der Waals surface area (Å²) in [7, 11) is 0. The van der Waals surface area contributed by atoms with E-state index in [1.54, 1.807) is 26.0 Å². The van der Waals surface area contributed by atoms with Crippen LogP contribution in [0, 0.1) is 16.0 Å². The number of nitrogens with zero attached hydrogens (tertiary/aromatic N) is 1. The van der Waals surface area contributed by atoms with Crippen LogP contribution >= 0.6 is 15.9 Å². The summed E-state index contributed by atoms with van der Waals surface area (Å²) in [6.45, 7) is 3.22. The Bertz CT molecular complexity index is 478. The van der Waals surface area contributed by atoms with Crippen molar-refractivity contribution in [3.63, 3.8) is 0 Å². The van der Waals surface area contributed by atoms with Gasteiger partial charge in [0.05, 0.1) is 10.8 Å². The molecule has 0 bridgehead atoms. The lowest BCUT2D eigenvalue weighted by atomic mass is 10.0. The highest BCUT2D eigenvalue weighted by Gasteiger charge is 2.22. The zero-order valence-electron chi connectivity index (χ0n) is 9.88. The Balaban J connectivity index is 2.99. The van der Waals surface area contributed by atoms with E-state index >= 15 is 0 Å². The van der Waals surface area contributed by atoms with Gasteiger partial charge >= 0.3 is 5.97 Å². The lowest BCUT2D eigenvalue weighted by Gasteiger charge is -2.19. The van der Waals surface area contributed by atoms with E-state index in [0.717, 1.165) is 0 Å². The average Bonchev–Trinajstić information content (AvgIpc) is 2.27. The van der Waals surface area contributed by atoms with Gasteiger partial charge in [-0.1, -0.05) is 15.9 Å². The number of nitro groups is 1. The number of rotatable bonds is 5. The molecule has 0 saturated heterocycles. The summed E-state index contributed by atoms with van der Waals surface area (Å²) < 4.78 is 0.686. The van der Waals surface area contributed by atoms with Crippen LogP contribution in [0.4, 0.5) is 11.4 Å². The maximum absolute atomic E-state index is 10.9. The highest BCUT2D eigenvalue weighted by Crippen LogP contribution is 2.29. The fraction of sp³-hybridized carbons (Fsp3) is 0.364. The molecule has 0 heterocycles. The molecule has 0 spiro atoms. The highest BCUT2D eigenvalue weighted by atomic mass is 79.9. The smallest absolute Gasteiger partial charge is 0.308 e. The second-order valence-corrected chi connectivity index (χ2v) is 4.89. The quantitative estimate of drug-likeness (QED) is 0.643. The molecule has 1 aromatic rings. The van der Waals surface area contributed by atoms with Crippen molar-refractivity contribution in [1.82, 2.24) is 0 Å². The molecule has 0 amide bonds. The zero-order valence-corrected chi connectivity index (χ0v) is 11.5. The summed E-state index contributed by atoms with van der Waals surface area (Å²) >= 11 is 3.22. The third kappa shape index (κ3) is 3.43. The monoisotopic (exact) mass is 316 g/mol. The first-order chi connectivity index (χ1) is 8.32. The number of aliphatic carboxylic acids is 1.